The van der Waals surface area contributed by atoms with E-state index in [1.54, 1.807) is 4.68 Å². The number of carbonyl (C=O) groups is 3. The largest absolute Gasteiger partial charge is 0.349 e. The number of nitrogens with one attached hydrogen (secondary N) is 3. The summed E-state index contributed by atoms with van der Waals surface area (Å²) in [4.78, 5) is 35.5. The molecule has 0 saturated heterocycles. The molecular weight excluding hydrogens is 334 g/mol. The number of hydrogen-bond donors (Lipinski definition) is 3. The Morgan fingerprint density at radius 1 is 1.08 bits per heavy atom. The van der Waals surface area contributed by atoms with E-state index in [0.29, 0.717) is 0 Å². The predicted molar refractivity (Wildman–Crippen MR) is 95.6 cm³/mol. The van der Waals surface area contributed by atoms with Crippen molar-refractivity contribution in [2.75, 3.05) is 0 Å². The van der Waals surface area contributed by atoms with Gasteiger partial charge in [0.2, 0.25) is 11.8 Å². The molecule has 8 heteroatoms. The van der Waals surface area contributed by atoms with Crippen LogP contribution in [0.2, 0.25) is 0 Å². The molecule has 0 aliphatic heterocycles. The van der Waals surface area contributed by atoms with Crippen LogP contribution in [0.5, 0.6) is 0 Å². The molecule has 8 nitrogen and oxygen atoms in total. The maximum atomic E-state index is 12.1. The number of aryl methyl sites for hydroxylation is 2. The maximum absolute atomic E-state index is 12.1. The van der Waals surface area contributed by atoms with Crippen molar-refractivity contribution in [3.05, 3.63) is 53.3 Å². The van der Waals surface area contributed by atoms with Crippen molar-refractivity contribution in [2.45, 2.75) is 39.8 Å². The van der Waals surface area contributed by atoms with E-state index >= 15 is 0 Å². The summed E-state index contributed by atoms with van der Waals surface area (Å²) in [5.74, 6) is -1.03. The first kappa shape index (κ1) is 19.2. The number of aromatic nitrogens is 2. The molecule has 0 fully saturated rings. The van der Waals surface area contributed by atoms with Gasteiger partial charge in [0.25, 0.3) is 5.91 Å². The topological polar surface area (TPSA) is 105 Å². The lowest BCUT2D eigenvalue weighted by Gasteiger charge is -2.18. The van der Waals surface area contributed by atoms with E-state index in [0.717, 1.165) is 17.0 Å². The number of rotatable bonds is 6. The number of hydrazine groups is 1. The van der Waals surface area contributed by atoms with Gasteiger partial charge in [-0.2, -0.15) is 5.10 Å². The van der Waals surface area contributed by atoms with Crippen LogP contribution in [0.3, 0.4) is 0 Å². The summed E-state index contributed by atoms with van der Waals surface area (Å²) in [7, 11) is 0. The fourth-order valence-corrected chi connectivity index (χ4v) is 2.57. The average molecular weight is 357 g/mol. The van der Waals surface area contributed by atoms with Crippen molar-refractivity contribution in [1.82, 2.24) is 25.9 Å². The van der Waals surface area contributed by atoms with Gasteiger partial charge in [-0.05, 0) is 25.5 Å². The lowest BCUT2D eigenvalue weighted by atomic mass is 10.0. The highest BCUT2D eigenvalue weighted by Gasteiger charge is 2.17. The molecule has 1 aromatic heterocycles. The molecule has 3 N–H and O–H groups in total. The highest BCUT2D eigenvalue weighted by Crippen LogP contribution is 2.16. The van der Waals surface area contributed by atoms with Gasteiger partial charge in [0, 0.05) is 12.6 Å². The van der Waals surface area contributed by atoms with Crippen molar-refractivity contribution >= 4 is 17.7 Å². The minimum atomic E-state index is -0.471. The summed E-state index contributed by atoms with van der Waals surface area (Å²) in [6.45, 7) is 5.09. The summed E-state index contributed by atoms with van der Waals surface area (Å²) in [5, 5.41) is 6.93. The molecule has 2 aromatic rings. The van der Waals surface area contributed by atoms with Gasteiger partial charge in [-0.1, -0.05) is 30.3 Å². The van der Waals surface area contributed by atoms with Crippen molar-refractivity contribution in [1.29, 1.82) is 0 Å². The van der Waals surface area contributed by atoms with Gasteiger partial charge < -0.3 is 5.32 Å². The van der Waals surface area contributed by atoms with Gasteiger partial charge in [-0.25, -0.2) is 0 Å². The Labute approximate surface area is 151 Å². The lowest BCUT2D eigenvalue weighted by Crippen LogP contribution is -2.44. The third-order valence-corrected chi connectivity index (χ3v) is 3.71. The molecule has 0 aliphatic carbocycles. The first-order valence-corrected chi connectivity index (χ1v) is 8.26. The van der Waals surface area contributed by atoms with Crippen molar-refractivity contribution < 1.29 is 14.4 Å². The normalized spacial score (nSPS) is 11.5. The predicted octanol–water partition coefficient (Wildman–Crippen LogP) is 0.915. The number of hydrogen-bond acceptors (Lipinski definition) is 4. The Balaban J connectivity index is 1.88. The fraction of sp³-hybridized carbons (Fsp3) is 0.333. The van der Waals surface area contributed by atoms with Crippen LogP contribution < -0.4 is 16.2 Å². The summed E-state index contributed by atoms with van der Waals surface area (Å²) >= 11 is 0. The molecule has 0 bridgehead atoms. The Morgan fingerprint density at radius 2 is 1.73 bits per heavy atom. The van der Waals surface area contributed by atoms with E-state index in [4.69, 9.17) is 0 Å². The second-order valence-electron chi connectivity index (χ2n) is 6.05. The summed E-state index contributed by atoms with van der Waals surface area (Å²) in [5.41, 5.74) is 7.23. The highest BCUT2D eigenvalue weighted by atomic mass is 16.2. The van der Waals surface area contributed by atoms with Crippen LogP contribution >= 0.6 is 0 Å². The lowest BCUT2D eigenvalue weighted by molar-refractivity contribution is -0.130. The SMILES string of the molecule is CC(=O)N[C@H](CC(=O)NNC(=O)Cn1nc(C)cc1C)c1ccccc1. The number of amides is 3. The number of carbonyl (C=O) groups excluding carboxylic acids is 3. The van der Waals surface area contributed by atoms with Crippen LogP contribution in [0.15, 0.2) is 36.4 Å². The van der Waals surface area contributed by atoms with Crippen LogP contribution in [-0.4, -0.2) is 27.5 Å². The monoisotopic (exact) mass is 357 g/mol. The van der Waals surface area contributed by atoms with Crippen LogP contribution in [0.4, 0.5) is 0 Å². The molecule has 1 heterocycles. The van der Waals surface area contributed by atoms with Gasteiger partial charge in [-0.3, -0.25) is 29.9 Å². The van der Waals surface area contributed by atoms with Crippen LogP contribution in [0.25, 0.3) is 0 Å². The number of benzene rings is 1. The highest BCUT2D eigenvalue weighted by molar-refractivity contribution is 5.83. The van der Waals surface area contributed by atoms with Crippen LogP contribution in [0.1, 0.15) is 36.3 Å². The minimum Gasteiger partial charge on any atom is -0.349 e. The molecule has 0 spiro atoms. The molecule has 0 radical (unpaired) electrons. The molecule has 0 unspecified atom stereocenters. The molecule has 3 amide bonds. The van der Waals surface area contributed by atoms with Crippen molar-refractivity contribution in [3.8, 4) is 0 Å². The van der Waals surface area contributed by atoms with E-state index in [1.807, 2.05) is 50.2 Å². The van der Waals surface area contributed by atoms with Crippen molar-refractivity contribution in [3.63, 3.8) is 0 Å². The average Bonchev–Trinajstić information content (AvgIpc) is 2.90. The standard InChI is InChI=1S/C18H23N5O3/c1-12-9-13(2)23(22-12)11-18(26)21-20-17(25)10-16(19-14(3)24)15-7-5-4-6-8-15/h4-9,16H,10-11H2,1-3H3,(H,19,24)(H,20,25)(H,21,26)/t16-/m1/s1. The smallest absolute Gasteiger partial charge is 0.260 e. The Hall–Kier alpha value is -3.16. The summed E-state index contributed by atoms with van der Waals surface area (Å²) < 4.78 is 1.56. The minimum absolute atomic E-state index is 0.00375. The zero-order valence-electron chi connectivity index (χ0n) is 15.1. The van der Waals surface area contributed by atoms with E-state index < -0.39 is 11.9 Å². The Kier molecular flexibility index (Phi) is 6.48. The van der Waals surface area contributed by atoms with Crippen molar-refractivity contribution in [2.24, 2.45) is 0 Å². The molecule has 26 heavy (non-hydrogen) atoms. The second kappa shape index (κ2) is 8.80. The zero-order chi connectivity index (χ0) is 19.1. The first-order valence-electron chi connectivity index (χ1n) is 8.26. The quantitative estimate of drug-likeness (QED) is 0.669. The number of nitrogens with zero attached hydrogens (tertiary/aromatic N) is 2. The van der Waals surface area contributed by atoms with E-state index in [1.165, 1.54) is 6.92 Å². The van der Waals surface area contributed by atoms with Gasteiger partial charge in [-0.15, -0.1) is 0 Å². The summed E-state index contributed by atoms with van der Waals surface area (Å²) in [6.07, 6.45) is 0.00375. The zero-order valence-corrected chi connectivity index (χ0v) is 15.1. The van der Waals surface area contributed by atoms with Gasteiger partial charge in [0.15, 0.2) is 0 Å². The third kappa shape index (κ3) is 5.73. The Morgan fingerprint density at radius 3 is 2.31 bits per heavy atom. The fourth-order valence-electron chi connectivity index (χ4n) is 2.57. The van der Waals surface area contributed by atoms with Gasteiger partial charge >= 0.3 is 0 Å². The van der Waals surface area contributed by atoms with Gasteiger partial charge in [0.05, 0.1) is 18.2 Å². The molecule has 0 saturated carbocycles. The Bertz CT molecular complexity index is 785. The third-order valence-electron chi connectivity index (χ3n) is 3.71. The van der Waals surface area contributed by atoms with E-state index in [9.17, 15) is 14.4 Å². The molecule has 1 aromatic carbocycles. The maximum Gasteiger partial charge on any atom is 0.260 e. The molecule has 1 atom stereocenters. The van der Waals surface area contributed by atoms with Gasteiger partial charge in [0.1, 0.15) is 6.54 Å². The van der Waals surface area contributed by atoms with E-state index in [-0.39, 0.29) is 24.8 Å². The van der Waals surface area contributed by atoms with E-state index in [2.05, 4.69) is 21.3 Å². The molecule has 0 aliphatic rings. The molecule has 138 valence electrons. The summed E-state index contributed by atoms with van der Waals surface area (Å²) in [6, 6.07) is 10.6. The molecular formula is C18H23N5O3. The van der Waals surface area contributed by atoms with Crippen LogP contribution in [-0.2, 0) is 20.9 Å². The second-order valence-corrected chi connectivity index (χ2v) is 6.05. The molecule has 2 rings (SSSR count). The first-order chi connectivity index (χ1) is 12.3. The van der Waals surface area contributed by atoms with Crippen LogP contribution in [0, 0.1) is 13.8 Å².